The Balaban J connectivity index is 2.29. The molecular weight excluding hydrogens is 367 g/mol. The van der Waals surface area contributed by atoms with E-state index in [1.165, 1.54) is 35.8 Å². The molecule has 0 fully saturated rings. The number of primary amides is 1. The lowest BCUT2D eigenvalue weighted by Gasteiger charge is -2.11. The number of halogens is 1. The molecule has 9 nitrogen and oxygen atoms in total. The molecule has 0 aliphatic carbocycles. The number of nitrogens with zero attached hydrogens (tertiary/aromatic N) is 4. The van der Waals surface area contributed by atoms with Gasteiger partial charge >= 0.3 is 0 Å². The zero-order chi connectivity index (χ0) is 20.4. The summed E-state index contributed by atoms with van der Waals surface area (Å²) in [6.45, 7) is 4.72. The minimum atomic E-state index is -0.617. The Morgan fingerprint density at radius 1 is 1.21 bits per heavy atom. The molecule has 0 atom stereocenters. The molecule has 1 aromatic carbocycles. The smallest absolute Gasteiger partial charge is 0.247 e. The highest BCUT2D eigenvalue weighted by Crippen LogP contribution is 2.30. The van der Waals surface area contributed by atoms with E-state index in [2.05, 4.69) is 20.3 Å². The molecule has 0 radical (unpaired) electrons. The largest absolute Gasteiger partial charge is 0.473 e. The average Bonchev–Trinajstić information content (AvgIpc) is 2.93. The van der Waals surface area contributed by atoms with Gasteiger partial charge in [0.1, 0.15) is 18.2 Å². The second-order valence-electron chi connectivity index (χ2n) is 6.37. The molecule has 0 aliphatic heterocycles. The van der Waals surface area contributed by atoms with Crippen LogP contribution in [0, 0.1) is 5.82 Å². The van der Waals surface area contributed by atoms with Crippen molar-refractivity contribution in [3.8, 4) is 17.3 Å². The fraction of sp³-hybridized carbons (Fsp3) is 0.278. The fourth-order valence-electron chi connectivity index (χ4n) is 2.62. The van der Waals surface area contributed by atoms with Crippen molar-refractivity contribution < 1.29 is 18.7 Å². The van der Waals surface area contributed by atoms with Gasteiger partial charge in [-0.1, -0.05) is 0 Å². The molecule has 146 valence electrons. The molecule has 2 aromatic heterocycles. The summed E-state index contributed by atoms with van der Waals surface area (Å²) in [5.41, 5.74) is 6.50. The van der Waals surface area contributed by atoms with Crippen LogP contribution in [-0.4, -0.2) is 37.4 Å². The van der Waals surface area contributed by atoms with E-state index < -0.39 is 11.7 Å². The number of hydrogen-bond donors (Lipinski definition) is 2. The van der Waals surface area contributed by atoms with Crippen molar-refractivity contribution in [2.45, 2.75) is 33.4 Å². The van der Waals surface area contributed by atoms with E-state index in [0.717, 1.165) is 0 Å². The van der Waals surface area contributed by atoms with Gasteiger partial charge in [-0.15, -0.1) is 0 Å². The summed E-state index contributed by atoms with van der Waals surface area (Å²) in [5, 5.41) is 2.50. The number of carbonyl (C=O) groups excluding carboxylic acids is 2. The predicted octanol–water partition coefficient (Wildman–Crippen LogP) is 1.86. The normalized spacial score (nSPS) is 11.0. The molecule has 10 heteroatoms. The molecule has 0 spiro atoms. The van der Waals surface area contributed by atoms with Gasteiger partial charge in [0.25, 0.3) is 0 Å². The maximum absolute atomic E-state index is 13.3. The SMILES string of the molecule is CC(=O)Nc1nc(OC(C)C)c2nc(-c3ccc(F)cc3)n(CC(N)=O)c2n1. The number of imidazole rings is 1. The highest BCUT2D eigenvalue weighted by atomic mass is 19.1. The standard InChI is InChI=1S/C18H19FN6O3/c1-9(2)28-17-14-16(23-18(24-17)21-10(3)26)25(8-13(20)27)15(22-14)11-4-6-12(19)7-5-11/h4-7,9H,8H2,1-3H3,(H2,20,27)(H,21,23,24,26). The molecule has 0 unspecified atom stereocenters. The number of fused-ring (bicyclic) bond motifs is 1. The Morgan fingerprint density at radius 2 is 1.89 bits per heavy atom. The van der Waals surface area contributed by atoms with E-state index in [9.17, 15) is 14.0 Å². The van der Waals surface area contributed by atoms with Crippen molar-refractivity contribution in [3.63, 3.8) is 0 Å². The Bertz CT molecular complexity index is 1050. The summed E-state index contributed by atoms with van der Waals surface area (Å²) in [6, 6.07) is 5.62. The summed E-state index contributed by atoms with van der Waals surface area (Å²) in [6.07, 6.45) is -0.223. The Hall–Kier alpha value is -3.56. The summed E-state index contributed by atoms with van der Waals surface area (Å²) < 4.78 is 20.5. The van der Waals surface area contributed by atoms with Crippen LogP contribution in [0.1, 0.15) is 20.8 Å². The molecule has 2 amide bonds. The van der Waals surface area contributed by atoms with Crippen LogP contribution in [0.25, 0.3) is 22.6 Å². The number of ether oxygens (including phenoxy) is 1. The van der Waals surface area contributed by atoms with Crippen LogP contribution in [0.5, 0.6) is 5.88 Å². The molecular formula is C18H19FN6O3. The molecule has 0 saturated carbocycles. The zero-order valence-electron chi connectivity index (χ0n) is 15.6. The van der Waals surface area contributed by atoms with Crippen molar-refractivity contribution >= 4 is 28.9 Å². The van der Waals surface area contributed by atoms with Crippen molar-refractivity contribution in [1.82, 2.24) is 19.5 Å². The minimum Gasteiger partial charge on any atom is -0.473 e. The lowest BCUT2D eigenvalue weighted by atomic mass is 10.2. The molecule has 28 heavy (non-hydrogen) atoms. The molecule has 0 bridgehead atoms. The van der Waals surface area contributed by atoms with Crippen molar-refractivity contribution in [2.75, 3.05) is 5.32 Å². The highest BCUT2D eigenvalue weighted by Gasteiger charge is 2.22. The van der Waals surface area contributed by atoms with Gasteiger partial charge in [-0.25, -0.2) is 9.37 Å². The third-order valence-corrected chi connectivity index (χ3v) is 3.61. The first-order chi connectivity index (χ1) is 13.2. The second kappa shape index (κ2) is 7.59. The van der Waals surface area contributed by atoms with Gasteiger partial charge < -0.3 is 10.5 Å². The summed E-state index contributed by atoms with van der Waals surface area (Å²) in [5.74, 6) is -0.889. The van der Waals surface area contributed by atoms with Crippen molar-refractivity contribution in [3.05, 3.63) is 30.1 Å². The maximum Gasteiger partial charge on any atom is 0.247 e. The number of nitrogens with two attached hydrogens (primary N) is 1. The van der Waals surface area contributed by atoms with Crippen molar-refractivity contribution in [2.24, 2.45) is 5.73 Å². The average molecular weight is 386 g/mol. The molecule has 0 aliphatic rings. The van der Waals surface area contributed by atoms with Gasteiger partial charge in [0.05, 0.1) is 6.10 Å². The summed E-state index contributed by atoms with van der Waals surface area (Å²) >= 11 is 0. The fourth-order valence-corrected chi connectivity index (χ4v) is 2.62. The number of nitrogens with one attached hydrogen (secondary N) is 1. The van der Waals surface area contributed by atoms with Gasteiger partial charge in [-0.3, -0.25) is 19.5 Å². The van der Waals surface area contributed by atoms with Crippen LogP contribution in [0.15, 0.2) is 24.3 Å². The van der Waals surface area contributed by atoms with Gasteiger partial charge in [-0.05, 0) is 38.1 Å². The van der Waals surface area contributed by atoms with E-state index in [0.29, 0.717) is 16.9 Å². The molecule has 3 aromatic rings. The van der Waals surface area contributed by atoms with Gasteiger partial charge in [0.2, 0.25) is 23.6 Å². The molecule has 2 heterocycles. The summed E-state index contributed by atoms with van der Waals surface area (Å²) in [4.78, 5) is 36.1. The number of anilines is 1. The first-order valence-corrected chi connectivity index (χ1v) is 8.51. The highest BCUT2D eigenvalue weighted by molar-refractivity contribution is 5.90. The van der Waals surface area contributed by atoms with E-state index >= 15 is 0 Å². The summed E-state index contributed by atoms with van der Waals surface area (Å²) in [7, 11) is 0. The zero-order valence-corrected chi connectivity index (χ0v) is 15.6. The molecule has 0 saturated heterocycles. The van der Waals surface area contributed by atoms with Gasteiger partial charge in [-0.2, -0.15) is 9.97 Å². The first-order valence-electron chi connectivity index (χ1n) is 8.51. The number of aromatic nitrogens is 4. The number of carbonyl (C=O) groups is 2. The van der Waals surface area contributed by atoms with Crippen LogP contribution in [0.3, 0.4) is 0 Å². The van der Waals surface area contributed by atoms with Gasteiger partial charge in [0, 0.05) is 12.5 Å². The van der Waals surface area contributed by atoms with Gasteiger partial charge in [0.15, 0.2) is 11.2 Å². The lowest BCUT2D eigenvalue weighted by molar-refractivity contribution is -0.118. The number of hydrogen-bond acceptors (Lipinski definition) is 6. The van der Waals surface area contributed by atoms with Crippen LogP contribution in [-0.2, 0) is 16.1 Å². The van der Waals surface area contributed by atoms with Crippen LogP contribution in [0.4, 0.5) is 10.3 Å². The Labute approximate surface area is 159 Å². The van der Waals surface area contributed by atoms with Crippen LogP contribution >= 0.6 is 0 Å². The number of amides is 2. The number of rotatable bonds is 6. The quantitative estimate of drug-likeness (QED) is 0.666. The van der Waals surface area contributed by atoms with E-state index in [-0.39, 0.29) is 36.0 Å². The topological polar surface area (TPSA) is 125 Å². The lowest BCUT2D eigenvalue weighted by Crippen LogP contribution is -2.20. The van der Waals surface area contributed by atoms with E-state index in [1.807, 2.05) is 13.8 Å². The third kappa shape index (κ3) is 4.05. The molecule has 3 N–H and O–H groups in total. The predicted molar refractivity (Wildman–Crippen MR) is 100.0 cm³/mol. The Kier molecular flexibility index (Phi) is 5.21. The van der Waals surface area contributed by atoms with Crippen molar-refractivity contribution in [1.29, 1.82) is 0 Å². The van der Waals surface area contributed by atoms with Crippen LogP contribution in [0.2, 0.25) is 0 Å². The van der Waals surface area contributed by atoms with Crippen LogP contribution < -0.4 is 15.8 Å². The Morgan fingerprint density at radius 3 is 2.46 bits per heavy atom. The third-order valence-electron chi connectivity index (χ3n) is 3.61. The number of benzene rings is 1. The van der Waals surface area contributed by atoms with E-state index in [4.69, 9.17) is 10.5 Å². The van der Waals surface area contributed by atoms with E-state index in [1.54, 1.807) is 0 Å². The maximum atomic E-state index is 13.3. The minimum absolute atomic E-state index is 0.00641. The second-order valence-corrected chi connectivity index (χ2v) is 6.37. The first kappa shape index (κ1) is 19.2. The molecule has 3 rings (SSSR count). The monoisotopic (exact) mass is 386 g/mol.